The van der Waals surface area contributed by atoms with Crippen LogP contribution in [0.4, 0.5) is 5.69 Å². The molecule has 26 heavy (non-hydrogen) atoms. The Morgan fingerprint density at radius 3 is 2.42 bits per heavy atom. The second-order valence-corrected chi connectivity index (χ2v) is 6.87. The molecule has 5 nitrogen and oxygen atoms in total. The smallest absolute Gasteiger partial charge is 0.228 e. The normalized spacial score (nSPS) is 11.1. The number of Topliss-reactive ketones (excluding diaryl/α,β-unsaturated/α-hetero) is 1. The number of nitrogens with one attached hydrogen (secondary N) is 1. The topological polar surface area (TPSA) is 64.0 Å². The number of carbonyl (C=O) groups is 2. The van der Waals surface area contributed by atoms with Gasteiger partial charge < -0.3 is 9.88 Å². The van der Waals surface area contributed by atoms with E-state index in [1.807, 2.05) is 25.2 Å². The summed E-state index contributed by atoms with van der Waals surface area (Å²) in [6.07, 6.45) is 0.276. The van der Waals surface area contributed by atoms with E-state index in [4.69, 9.17) is 0 Å². The minimum absolute atomic E-state index is 0.00677. The molecule has 1 amide bonds. The van der Waals surface area contributed by atoms with Crippen LogP contribution in [0.25, 0.3) is 11.0 Å². The van der Waals surface area contributed by atoms with Gasteiger partial charge in [-0.15, -0.1) is 0 Å². The Balaban J connectivity index is 1.73. The van der Waals surface area contributed by atoms with E-state index in [0.29, 0.717) is 17.2 Å². The van der Waals surface area contributed by atoms with E-state index in [-0.39, 0.29) is 18.1 Å². The quantitative estimate of drug-likeness (QED) is 0.706. The lowest BCUT2D eigenvalue weighted by Crippen LogP contribution is -2.14. The van der Waals surface area contributed by atoms with Crippen molar-refractivity contribution in [1.29, 1.82) is 0 Å². The Morgan fingerprint density at radius 1 is 1.12 bits per heavy atom. The van der Waals surface area contributed by atoms with Crippen molar-refractivity contribution in [1.82, 2.24) is 9.55 Å². The molecule has 1 N–H and O–H groups in total. The molecule has 3 aromatic rings. The molecule has 0 spiro atoms. The lowest BCUT2D eigenvalue weighted by Gasteiger charge is -2.06. The largest absolute Gasteiger partial charge is 0.331 e. The Hall–Kier alpha value is -2.95. The summed E-state index contributed by atoms with van der Waals surface area (Å²) in [6.45, 7) is 5.76. The lowest BCUT2D eigenvalue weighted by atomic mass is 10.1. The van der Waals surface area contributed by atoms with E-state index in [1.54, 1.807) is 24.3 Å². The molecular formula is C21H23N3O2. The zero-order valence-corrected chi connectivity index (χ0v) is 15.5. The van der Waals surface area contributed by atoms with Gasteiger partial charge in [0.2, 0.25) is 5.91 Å². The number of imidazole rings is 1. The number of rotatable bonds is 5. The molecule has 0 aliphatic rings. The second-order valence-electron chi connectivity index (χ2n) is 6.87. The number of fused-ring (bicyclic) bond motifs is 1. The Labute approximate surface area is 153 Å². The van der Waals surface area contributed by atoms with Crippen LogP contribution in [0.2, 0.25) is 0 Å². The van der Waals surface area contributed by atoms with Crippen LogP contribution in [-0.4, -0.2) is 21.2 Å². The maximum Gasteiger partial charge on any atom is 0.228 e. The molecule has 5 heteroatoms. The average Bonchev–Trinajstić information content (AvgIpc) is 2.92. The van der Waals surface area contributed by atoms with E-state index >= 15 is 0 Å². The van der Waals surface area contributed by atoms with Gasteiger partial charge >= 0.3 is 0 Å². The fourth-order valence-corrected chi connectivity index (χ4v) is 3.07. The number of aryl methyl sites for hydroxylation is 1. The summed E-state index contributed by atoms with van der Waals surface area (Å²) < 4.78 is 2.10. The minimum atomic E-state index is -0.0973. The van der Waals surface area contributed by atoms with Crippen LogP contribution in [0.3, 0.4) is 0 Å². The molecule has 1 heterocycles. The fourth-order valence-electron chi connectivity index (χ4n) is 3.07. The van der Waals surface area contributed by atoms with Crippen LogP contribution >= 0.6 is 0 Å². The van der Waals surface area contributed by atoms with Crippen LogP contribution in [-0.2, 0) is 18.3 Å². The van der Waals surface area contributed by atoms with Gasteiger partial charge in [-0.25, -0.2) is 4.98 Å². The Morgan fingerprint density at radius 2 is 1.81 bits per heavy atom. The highest BCUT2D eigenvalue weighted by Crippen LogP contribution is 2.22. The number of amides is 1. The predicted octanol–water partition coefficient (Wildman–Crippen LogP) is 4.08. The summed E-state index contributed by atoms with van der Waals surface area (Å²) >= 11 is 0. The molecule has 1 aromatic heterocycles. The van der Waals surface area contributed by atoms with Crippen LogP contribution in [0, 0.1) is 0 Å². The van der Waals surface area contributed by atoms with Gasteiger partial charge in [0, 0.05) is 24.2 Å². The maximum absolute atomic E-state index is 12.3. The third-order valence-corrected chi connectivity index (χ3v) is 4.44. The first kappa shape index (κ1) is 17.9. The van der Waals surface area contributed by atoms with Crippen molar-refractivity contribution in [3.8, 4) is 0 Å². The van der Waals surface area contributed by atoms with Gasteiger partial charge in [-0.3, -0.25) is 9.59 Å². The van der Waals surface area contributed by atoms with Gasteiger partial charge in [-0.1, -0.05) is 19.9 Å². The monoisotopic (exact) mass is 349 g/mol. The SMILES string of the molecule is CC(=O)c1ccc(NC(=O)Cc2ccc3c(c2)nc(C(C)C)n3C)cc1. The highest BCUT2D eigenvalue weighted by atomic mass is 16.1. The van der Waals surface area contributed by atoms with E-state index in [0.717, 1.165) is 22.4 Å². The first-order valence-electron chi connectivity index (χ1n) is 8.71. The zero-order chi connectivity index (χ0) is 18.8. The van der Waals surface area contributed by atoms with Crippen molar-refractivity contribution in [3.63, 3.8) is 0 Å². The van der Waals surface area contributed by atoms with Crippen molar-refractivity contribution in [2.24, 2.45) is 7.05 Å². The summed E-state index contributed by atoms with van der Waals surface area (Å²) in [5.74, 6) is 1.29. The number of hydrogen-bond acceptors (Lipinski definition) is 3. The number of carbonyl (C=O) groups excluding carboxylic acids is 2. The van der Waals surface area contributed by atoms with Crippen LogP contribution in [0.15, 0.2) is 42.5 Å². The molecule has 0 unspecified atom stereocenters. The van der Waals surface area contributed by atoms with Gasteiger partial charge in [0.25, 0.3) is 0 Å². The summed E-state index contributed by atoms with van der Waals surface area (Å²) in [5.41, 5.74) is 4.21. The summed E-state index contributed by atoms with van der Waals surface area (Å²) in [4.78, 5) is 28.3. The van der Waals surface area contributed by atoms with E-state index < -0.39 is 0 Å². The van der Waals surface area contributed by atoms with Gasteiger partial charge in [-0.2, -0.15) is 0 Å². The van der Waals surface area contributed by atoms with Crippen LogP contribution in [0.1, 0.15) is 48.4 Å². The lowest BCUT2D eigenvalue weighted by molar-refractivity contribution is -0.115. The van der Waals surface area contributed by atoms with Gasteiger partial charge in [-0.05, 0) is 48.9 Å². The van der Waals surface area contributed by atoms with Crippen LogP contribution in [0.5, 0.6) is 0 Å². The van der Waals surface area contributed by atoms with Crippen molar-refractivity contribution in [3.05, 3.63) is 59.4 Å². The number of aromatic nitrogens is 2. The number of benzene rings is 2. The van der Waals surface area contributed by atoms with Crippen molar-refractivity contribution < 1.29 is 9.59 Å². The molecule has 0 aliphatic carbocycles. The predicted molar refractivity (Wildman–Crippen MR) is 104 cm³/mol. The fraction of sp³-hybridized carbons (Fsp3) is 0.286. The first-order valence-corrected chi connectivity index (χ1v) is 8.71. The zero-order valence-electron chi connectivity index (χ0n) is 15.5. The third-order valence-electron chi connectivity index (χ3n) is 4.44. The van der Waals surface area contributed by atoms with Crippen molar-refractivity contribution in [2.75, 3.05) is 5.32 Å². The molecule has 0 atom stereocenters. The standard InChI is InChI=1S/C21H23N3O2/c1-13(2)21-23-18-11-15(5-10-19(18)24(21)4)12-20(26)22-17-8-6-16(7-9-17)14(3)25/h5-11,13H,12H2,1-4H3,(H,22,26). The Bertz CT molecular complexity index is 969. The molecule has 0 fully saturated rings. The van der Waals surface area contributed by atoms with Gasteiger partial charge in [0.1, 0.15) is 5.82 Å². The first-order chi connectivity index (χ1) is 12.3. The number of anilines is 1. The van der Waals surface area contributed by atoms with Crippen LogP contribution < -0.4 is 5.32 Å². The molecule has 2 aromatic carbocycles. The molecule has 0 bridgehead atoms. The van der Waals surface area contributed by atoms with E-state index in [9.17, 15) is 9.59 Å². The van der Waals surface area contributed by atoms with E-state index in [1.165, 1.54) is 6.92 Å². The van der Waals surface area contributed by atoms with Gasteiger partial charge in [0.05, 0.1) is 17.5 Å². The summed E-state index contributed by atoms with van der Waals surface area (Å²) in [6, 6.07) is 12.9. The molecule has 0 aliphatic heterocycles. The van der Waals surface area contributed by atoms with Crippen molar-refractivity contribution in [2.45, 2.75) is 33.1 Å². The summed E-state index contributed by atoms with van der Waals surface area (Å²) in [7, 11) is 2.02. The van der Waals surface area contributed by atoms with Gasteiger partial charge in [0.15, 0.2) is 5.78 Å². The van der Waals surface area contributed by atoms with E-state index in [2.05, 4.69) is 28.7 Å². The Kier molecular flexibility index (Phi) is 4.89. The highest BCUT2D eigenvalue weighted by Gasteiger charge is 2.12. The number of hydrogen-bond donors (Lipinski definition) is 1. The molecule has 0 saturated carbocycles. The number of ketones is 1. The van der Waals surface area contributed by atoms with Crippen molar-refractivity contribution >= 4 is 28.4 Å². The average molecular weight is 349 g/mol. The molecular weight excluding hydrogens is 326 g/mol. The maximum atomic E-state index is 12.3. The summed E-state index contributed by atoms with van der Waals surface area (Å²) in [5, 5.41) is 2.86. The second kappa shape index (κ2) is 7.12. The molecule has 134 valence electrons. The molecule has 0 radical (unpaired) electrons. The highest BCUT2D eigenvalue weighted by molar-refractivity contribution is 5.96. The third kappa shape index (κ3) is 3.67. The number of nitrogens with zero attached hydrogens (tertiary/aromatic N) is 2. The molecule has 3 rings (SSSR count). The molecule has 0 saturated heterocycles. The minimum Gasteiger partial charge on any atom is -0.331 e.